The first-order valence-corrected chi connectivity index (χ1v) is 9.38. The average Bonchev–Trinajstić information content (AvgIpc) is 2.67. The molecule has 1 N–H and O–H groups in total. The van der Waals surface area contributed by atoms with Gasteiger partial charge < -0.3 is 4.74 Å². The third kappa shape index (κ3) is 4.53. The molecule has 2 aromatic carbocycles. The summed E-state index contributed by atoms with van der Waals surface area (Å²) in [4.78, 5) is 16.3. The van der Waals surface area contributed by atoms with Gasteiger partial charge in [0.05, 0.1) is 28.6 Å². The quantitative estimate of drug-likeness (QED) is 0.396. The Morgan fingerprint density at radius 3 is 2.62 bits per heavy atom. The highest BCUT2D eigenvalue weighted by atomic mass is 127. The lowest BCUT2D eigenvalue weighted by Crippen LogP contribution is -2.13. The van der Waals surface area contributed by atoms with Gasteiger partial charge in [0, 0.05) is 22.3 Å². The monoisotopic (exact) mass is 478 g/mol. The average molecular weight is 479 g/mol. The molecule has 0 saturated heterocycles. The molecule has 132 valence electrons. The third-order valence-corrected chi connectivity index (χ3v) is 4.64. The minimum atomic E-state index is -0.104. The van der Waals surface area contributed by atoms with Gasteiger partial charge in [-0.2, -0.15) is 0 Å². The summed E-state index contributed by atoms with van der Waals surface area (Å²) in [6.45, 7) is 2.35. The Hall–Kier alpha value is -2.12. The fraction of sp³-hybridized carbons (Fsp3) is 0.100. The second-order valence-electron chi connectivity index (χ2n) is 5.75. The number of rotatable bonds is 5. The van der Waals surface area contributed by atoms with E-state index >= 15 is 0 Å². The first-order valence-electron chi connectivity index (χ1n) is 7.92. The zero-order valence-electron chi connectivity index (χ0n) is 14.0. The summed E-state index contributed by atoms with van der Waals surface area (Å²) in [5.74, 6) is 0.658. The number of nitrogens with zero attached hydrogens (tertiary/aromatic N) is 1. The number of nitrogens with one attached hydrogen (secondary N) is 1. The first kappa shape index (κ1) is 18.7. The van der Waals surface area contributed by atoms with Crippen LogP contribution in [0.2, 0.25) is 5.02 Å². The second kappa shape index (κ2) is 8.51. The van der Waals surface area contributed by atoms with Gasteiger partial charge in [-0.1, -0.05) is 17.7 Å². The lowest BCUT2D eigenvalue weighted by molar-refractivity contribution is 0.0989. The van der Waals surface area contributed by atoms with Crippen LogP contribution in [0.1, 0.15) is 21.5 Å². The van der Waals surface area contributed by atoms with Crippen molar-refractivity contribution in [2.75, 3.05) is 0 Å². The molecule has 0 radical (unpaired) electrons. The van der Waals surface area contributed by atoms with Crippen LogP contribution in [-0.2, 0) is 6.61 Å². The van der Waals surface area contributed by atoms with Crippen LogP contribution in [0.4, 0.5) is 0 Å². The Morgan fingerprint density at radius 2 is 1.92 bits per heavy atom. The van der Waals surface area contributed by atoms with Crippen molar-refractivity contribution < 1.29 is 9.53 Å². The Kier molecular flexibility index (Phi) is 6.11. The molecule has 1 aromatic heterocycles. The molecule has 6 heteroatoms. The van der Waals surface area contributed by atoms with E-state index in [1.54, 1.807) is 18.3 Å². The van der Waals surface area contributed by atoms with Gasteiger partial charge in [0.25, 0.3) is 5.91 Å². The molecule has 0 aliphatic heterocycles. The summed E-state index contributed by atoms with van der Waals surface area (Å²) in [5, 5.41) is 0.679. The summed E-state index contributed by atoms with van der Waals surface area (Å²) >= 11 is 7.72. The third-order valence-electron chi connectivity index (χ3n) is 3.90. The van der Waals surface area contributed by atoms with E-state index in [1.165, 1.54) is 0 Å². The largest absolute Gasteiger partial charge is 0.489 e. The number of benzene rings is 2. The lowest BCUT2D eigenvalue weighted by atomic mass is 10.0. The molecule has 1 heterocycles. The zero-order chi connectivity index (χ0) is 18.5. The second-order valence-corrected chi connectivity index (χ2v) is 6.72. The van der Waals surface area contributed by atoms with Crippen LogP contribution in [0.15, 0.2) is 60.8 Å². The maximum absolute atomic E-state index is 11.8. The number of aryl methyl sites for hydroxylation is 1. The van der Waals surface area contributed by atoms with Gasteiger partial charge in [-0.05, 0) is 66.6 Å². The molecule has 0 fully saturated rings. The van der Waals surface area contributed by atoms with E-state index in [4.69, 9.17) is 16.3 Å². The van der Waals surface area contributed by atoms with Gasteiger partial charge in [-0.15, -0.1) is 0 Å². The van der Waals surface area contributed by atoms with Crippen molar-refractivity contribution in [1.29, 1.82) is 0 Å². The molecule has 0 unspecified atom stereocenters. The molecule has 3 aromatic rings. The highest BCUT2D eigenvalue weighted by molar-refractivity contribution is 14.1. The minimum absolute atomic E-state index is 0.104. The number of pyridine rings is 1. The van der Waals surface area contributed by atoms with Crippen LogP contribution in [0.5, 0.6) is 5.75 Å². The molecule has 0 aliphatic carbocycles. The number of hydrogen-bond donors (Lipinski definition) is 1. The molecule has 0 atom stereocenters. The topological polar surface area (TPSA) is 51.2 Å². The summed E-state index contributed by atoms with van der Waals surface area (Å²) < 4.78 is 8.40. The van der Waals surface area contributed by atoms with E-state index in [9.17, 15) is 4.79 Å². The number of carbonyl (C=O) groups excluding carboxylic acids is 1. The van der Waals surface area contributed by atoms with Gasteiger partial charge in [-0.3, -0.25) is 13.3 Å². The maximum atomic E-state index is 11.8. The van der Waals surface area contributed by atoms with Crippen LogP contribution in [0.3, 0.4) is 0 Å². The van der Waals surface area contributed by atoms with E-state index in [-0.39, 0.29) is 5.91 Å². The highest BCUT2D eigenvalue weighted by Crippen LogP contribution is 2.23. The molecule has 0 aliphatic rings. The van der Waals surface area contributed by atoms with E-state index < -0.39 is 0 Å². The van der Waals surface area contributed by atoms with Gasteiger partial charge in [0.15, 0.2) is 0 Å². The molecule has 0 spiro atoms. The SMILES string of the molecule is Cc1cc(-c2cc(COc3ccc(Cl)cc3)ccn2)ccc1C(=O)NI. The first-order chi connectivity index (χ1) is 12.6. The summed E-state index contributed by atoms with van der Waals surface area (Å²) in [7, 11) is 0. The summed E-state index contributed by atoms with van der Waals surface area (Å²) in [6.07, 6.45) is 1.76. The molecule has 1 amide bonds. The van der Waals surface area contributed by atoms with Crippen LogP contribution in [0.25, 0.3) is 11.3 Å². The highest BCUT2D eigenvalue weighted by Gasteiger charge is 2.10. The zero-order valence-corrected chi connectivity index (χ0v) is 16.9. The van der Waals surface area contributed by atoms with Crippen LogP contribution < -0.4 is 8.27 Å². The fourth-order valence-electron chi connectivity index (χ4n) is 2.55. The lowest BCUT2D eigenvalue weighted by Gasteiger charge is -2.09. The van der Waals surface area contributed by atoms with Crippen molar-refractivity contribution in [1.82, 2.24) is 8.51 Å². The van der Waals surface area contributed by atoms with Crippen molar-refractivity contribution in [3.05, 3.63) is 82.5 Å². The van der Waals surface area contributed by atoms with Gasteiger partial charge in [0.2, 0.25) is 0 Å². The Labute approximate surface area is 171 Å². The van der Waals surface area contributed by atoms with E-state index in [0.717, 1.165) is 28.1 Å². The van der Waals surface area contributed by atoms with Crippen molar-refractivity contribution in [3.8, 4) is 17.0 Å². The number of ether oxygens (including phenoxy) is 1. The predicted octanol–water partition coefficient (Wildman–Crippen LogP) is 5.37. The molecule has 3 rings (SSSR count). The fourth-order valence-corrected chi connectivity index (χ4v) is 2.96. The minimum Gasteiger partial charge on any atom is -0.489 e. The van der Waals surface area contributed by atoms with E-state index in [0.29, 0.717) is 17.2 Å². The van der Waals surface area contributed by atoms with Crippen molar-refractivity contribution in [2.24, 2.45) is 0 Å². The van der Waals surface area contributed by atoms with Crippen LogP contribution in [0, 0.1) is 6.92 Å². The van der Waals surface area contributed by atoms with Crippen LogP contribution in [-0.4, -0.2) is 10.9 Å². The smallest absolute Gasteiger partial charge is 0.260 e. The van der Waals surface area contributed by atoms with Crippen molar-refractivity contribution >= 4 is 40.4 Å². The standard InChI is InChI=1S/C20H16ClIN2O2/c1-13-10-15(2-7-18(13)20(25)24-22)19-11-14(8-9-23-19)12-26-17-5-3-16(21)4-6-17/h2-11H,12H2,1H3,(H,24,25). The molecule has 0 bridgehead atoms. The maximum Gasteiger partial charge on any atom is 0.260 e. The Balaban J connectivity index is 1.77. The molecular weight excluding hydrogens is 463 g/mol. The predicted molar refractivity (Wildman–Crippen MR) is 112 cm³/mol. The number of halogens is 2. The molecule has 0 saturated carbocycles. The van der Waals surface area contributed by atoms with Gasteiger partial charge in [0.1, 0.15) is 12.4 Å². The number of amides is 1. The Morgan fingerprint density at radius 1 is 1.15 bits per heavy atom. The number of carbonyl (C=O) groups is 1. The summed E-state index contributed by atoms with van der Waals surface area (Å²) in [5.41, 5.74) is 4.37. The van der Waals surface area contributed by atoms with Crippen LogP contribution >= 0.6 is 34.5 Å². The van der Waals surface area contributed by atoms with Gasteiger partial charge >= 0.3 is 0 Å². The van der Waals surface area contributed by atoms with Crippen molar-refractivity contribution in [3.63, 3.8) is 0 Å². The van der Waals surface area contributed by atoms with E-state index in [2.05, 4.69) is 8.51 Å². The molecular formula is C20H16ClIN2O2. The molecule has 4 nitrogen and oxygen atoms in total. The number of hydrogen-bond acceptors (Lipinski definition) is 3. The van der Waals surface area contributed by atoms with E-state index in [1.807, 2.05) is 72.3 Å². The van der Waals surface area contributed by atoms with Gasteiger partial charge in [-0.25, -0.2) is 0 Å². The van der Waals surface area contributed by atoms with Crippen molar-refractivity contribution in [2.45, 2.75) is 13.5 Å². The molecule has 26 heavy (non-hydrogen) atoms. The summed E-state index contributed by atoms with van der Waals surface area (Å²) in [6, 6.07) is 16.9. The number of aromatic nitrogens is 1. The normalized spacial score (nSPS) is 10.4. The Bertz CT molecular complexity index is 929.